The number of nitrogens with zero attached hydrogens (tertiary/aromatic N) is 1. The van der Waals surface area contributed by atoms with E-state index in [1.165, 1.54) is 5.69 Å². The van der Waals surface area contributed by atoms with Crippen molar-refractivity contribution in [2.75, 3.05) is 6.54 Å². The van der Waals surface area contributed by atoms with Gasteiger partial charge in [-0.25, -0.2) is 4.98 Å². The van der Waals surface area contributed by atoms with Gasteiger partial charge >= 0.3 is 0 Å². The van der Waals surface area contributed by atoms with E-state index in [0.29, 0.717) is 6.04 Å². The molecule has 1 rings (SSSR count). The molecule has 1 aromatic rings. The molecule has 3 heteroatoms. The molecule has 0 fully saturated rings. The maximum absolute atomic E-state index is 4.34. The summed E-state index contributed by atoms with van der Waals surface area (Å²) in [7, 11) is 0. The molecule has 0 aliphatic heterocycles. The molecule has 0 bridgehead atoms. The molecule has 1 heterocycles. The second kappa shape index (κ2) is 6.74. The lowest BCUT2D eigenvalue weighted by atomic mass is 10.1. The number of allylic oxidation sites excluding steroid dienone is 1. The van der Waals surface area contributed by atoms with E-state index in [1.54, 1.807) is 11.3 Å². The average molecular weight is 210 g/mol. The molecule has 78 valence electrons. The second-order valence-electron chi connectivity index (χ2n) is 3.29. The molecule has 0 amide bonds. The van der Waals surface area contributed by atoms with E-state index in [1.807, 2.05) is 11.6 Å². The Morgan fingerprint density at radius 2 is 2.57 bits per heavy atom. The molecule has 0 aliphatic rings. The molecule has 0 aromatic carbocycles. The minimum atomic E-state index is 0.402. The zero-order chi connectivity index (χ0) is 10.2. The standard InChI is InChI=1S/C11H18N2S/c1-3-5-6-10(12-7-4-2)11-8-14-9-13-11/h3,8-10,12H,1,4-7H2,2H3. The highest BCUT2D eigenvalue weighted by Crippen LogP contribution is 2.18. The lowest BCUT2D eigenvalue weighted by Gasteiger charge is -2.15. The molecule has 0 saturated heterocycles. The summed E-state index contributed by atoms with van der Waals surface area (Å²) in [6.45, 7) is 6.98. The summed E-state index contributed by atoms with van der Waals surface area (Å²) in [5.41, 5.74) is 3.06. The average Bonchev–Trinajstić information content (AvgIpc) is 2.71. The van der Waals surface area contributed by atoms with Crippen LogP contribution < -0.4 is 5.32 Å². The molecular formula is C11H18N2S. The van der Waals surface area contributed by atoms with E-state index < -0.39 is 0 Å². The van der Waals surface area contributed by atoms with E-state index in [4.69, 9.17) is 0 Å². The van der Waals surface area contributed by atoms with Crippen molar-refractivity contribution >= 4 is 11.3 Å². The van der Waals surface area contributed by atoms with Crippen LogP contribution in [0.5, 0.6) is 0 Å². The summed E-state index contributed by atoms with van der Waals surface area (Å²) >= 11 is 1.66. The molecule has 1 aromatic heterocycles. The quantitative estimate of drug-likeness (QED) is 0.699. The number of hydrogen-bond donors (Lipinski definition) is 1. The fourth-order valence-corrected chi connectivity index (χ4v) is 1.96. The van der Waals surface area contributed by atoms with E-state index in [0.717, 1.165) is 25.8 Å². The second-order valence-corrected chi connectivity index (χ2v) is 4.00. The van der Waals surface area contributed by atoms with Gasteiger partial charge in [0.2, 0.25) is 0 Å². The first kappa shape index (κ1) is 11.4. The Bertz CT molecular complexity index is 244. The van der Waals surface area contributed by atoms with Gasteiger partial charge in [-0.15, -0.1) is 17.9 Å². The zero-order valence-corrected chi connectivity index (χ0v) is 9.52. The first-order valence-electron chi connectivity index (χ1n) is 5.10. The van der Waals surface area contributed by atoms with Gasteiger partial charge in [0.25, 0.3) is 0 Å². The summed E-state index contributed by atoms with van der Waals surface area (Å²) in [6, 6.07) is 0.402. The molecule has 0 aliphatic carbocycles. The Morgan fingerprint density at radius 1 is 1.71 bits per heavy atom. The molecule has 14 heavy (non-hydrogen) atoms. The third-order valence-electron chi connectivity index (χ3n) is 2.11. The van der Waals surface area contributed by atoms with Gasteiger partial charge in [0, 0.05) is 5.38 Å². The summed E-state index contributed by atoms with van der Waals surface area (Å²) < 4.78 is 0. The smallest absolute Gasteiger partial charge is 0.0795 e. The molecule has 1 N–H and O–H groups in total. The van der Waals surface area contributed by atoms with Crippen molar-refractivity contribution < 1.29 is 0 Å². The molecule has 0 saturated carbocycles. The number of rotatable bonds is 7. The van der Waals surface area contributed by atoms with Gasteiger partial charge < -0.3 is 5.32 Å². The Morgan fingerprint density at radius 3 is 3.14 bits per heavy atom. The van der Waals surface area contributed by atoms with Crippen LogP contribution in [0.3, 0.4) is 0 Å². The van der Waals surface area contributed by atoms with Crippen LogP contribution in [-0.4, -0.2) is 11.5 Å². The SMILES string of the molecule is C=CCCC(NCCC)c1cscn1. The first-order valence-corrected chi connectivity index (χ1v) is 6.05. The van der Waals surface area contributed by atoms with Gasteiger partial charge in [-0.3, -0.25) is 0 Å². The highest BCUT2D eigenvalue weighted by Gasteiger charge is 2.10. The van der Waals surface area contributed by atoms with Crippen molar-refractivity contribution in [2.45, 2.75) is 32.2 Å². The predicted molar refractivity (Wildman–Crippen MR) is 62.6 cm³/mol. The normalized spacial score (nSPS) is 12.6. The molecule has 0 radical (unpaired) electrons. The number of hydrogen-bond acceptors (Lipinski definition) is 3. The van der Waals surface area contributed by atoms with Crippen LogP contribution in [0.15, 0.2) is 23.5 Å². The highest BCUT2D eigenvalue weighted by atomic mass is 32.1. The van der Waals surface area contributed by atoms with Gasteiger partial charge in [-0.2, -0.15) is 0 Å². The topological polar surface area (TPSA) is 24.9 Å². The van der Waals surface area contributed by atoms with Gasteiger partial charge in [0.1, 0.15) is 0 Å². The minimum absolute atomic E-state index is 0.402. The maximum Gasteiger partial charge on any atom is 0.0795 e. The van der Waals surface area contributed by atoms with E-state index in [-0.39, 0.29) is 0 Å². The van der Waals surface area contributed by atoms with Gasteiger partial charge in [0.15, 0.2) is 0 Å². The minimum Gasteiger partial charge on any atom is -0.309 e. The lowest BCUT2D eigenvalue weighted by molar-refractivity contribution is 0.494. The molecular weight excluding hydrogens is 192 g/mol. The van der Waals surface area contributed by atoms with Crippen molar-refractivity contribution in [3.63, 3.8) is 0 Å². The van der Waals surface area contributed by atoms with Crippen molar-refractivity contribution in [3.05, 3.63) is 29.2 Å². The van der Waals surface area contributed by atoms with Crippen LogP contribution in [-0.2, 0) is 0 Å². The number of thiazole rings is 1. The highest BCUT2D eigenvalue weighted by molar-refractivity contribution is 7.07. The van der Waals surface area contributed by atoms with Gasteiger partial charge in [-0.05, 0) is 25.8 Å². The van der Waals surface area contributed by atoms with Crippen molar-refractivity contribution in [3.8, 4) is 0 Å². The Hall–Kier alpha value is -0.670. The maximum atomic E-state index is 4.34. The van der Waals surface area contributed by atoms with Crippen molar-refractivity contribution in [1.82, 2.24) is 10.3 Å². The van der Waals surface area contributed by atoms with Crippen LogP contribution in [0.1, 0.15) is 37.9 Å². The van der Waals surface area contributed by atoms with Crippen molar-refractivity contribution in [1.29, 1.82) is 0 Å². The van der Waals surface area contributed by atoms with Crippen LogP contribution in [0.2, 0.25) is 0 Å². The predicted octanol–water partition coefficient (Wildman–Crippen LogP) is 3.15. The fourth-order valence-electron chi connectivity index (χ4n) is 1.35. The summed E-state index contributed by atoms with van der Waals surface area (Å²) in [5, 5.41) is 5.62. The van der Waals surface area contributed by atoms with Crippen molar-refractivity contribution in [2.24, 2.45) is 0 Å². The van der Waals surface area contributed by atoms with Gasteiger partial charge in [-0.1, -0.05) is 13.0 Å². The third kappa shape index (κ3) is 3.60. The Labute approximate surface area is 90.1 Å². The summed E-state index contributed by atoms with van der Waals surface area (Å²) in [5.74, 6) is 0. The lowest BCUT2D eigenvalue weighted by Crippen LogP contribution is -2.22. The molecule has 2 nitrogen and oxygen atoms in total. The summed E-state index contributed by atoms with van der Waals surface area (Å²) in [4.78, 5) is 4.34. The van der Waals surface area contributed by atoms with E-state index in [9.17, 15) is 0 Å². The molecule has 1 unspecified atom stereocenters. The van der Waals surface area contributed by atoms with Crippen LogP contribution in [0.25, 0.3) is 0 Å². The van der Waals surface area contributed by atoms with E-state index in [2.05, 4.69) is 29.2 Å². The van der Waals surface area contributed by atoms with Crippen LogP contribution in [0.4, 0.5) is 0 Å². The van der Waals surface area contributed by atoms with Crippen LogP contribution in [0, 0.1) is 0 Å². The largest absolute Gasteiger partial charge is 0.309 e. The fraction of sp³-hybridized carbons (Fsp3) is 0.545. The number of aromatic nitrogens is 1. The molecule has 0 spiro atoms. The third-order valence-corrected chi connectivity index (χ3v) is 2.71. The summed E-state index contributed by atoms with van der Waals surface area (Å²) in [6.07, 6.45) is 5.26. The number of nitrogens with one attached hydrogen (secondary N) is 1. The Balaban J connectivity index is 2.48. The van der Waals surface area contributed by atoms with E-state index >= 15 is 0 Å². The first-order chi connectivity index (χ1) is 6.88. The Kier molecular flexibility index (Phi) is 5.49. The monoisotopic (exact) mass is 210 g/mol. The van der Waals surface area contributed by atoms with Crippen LogP contribution >= 0.6 is 11.3 Å². The zero-order valence-electron chi connectivity index (χ0n) is 8.70. The molecule has 1 atom stereocenters. The van der Waals surface area contributed by atoms with Gasteiger partial charge in [0.05, 0.1) is 17.2 Å².